The Labute approximate surface area is 101 Å². The molecule has 1 aromatic rings. The lowest BCUT2D eigenvalue weighted by Crippen LogP contribution is -2.20. The molecule has 80 valence electrons. The van der Waals surface area contributed by atoms with Gasteiger partial charge in [-0.1, -0.05) is 24.9 Å². The summed E-state index contributed by atoms with van der Waals surface area (Å²) in [6.07, 6.45) is 9.33. The van der Waals surface area contributed by atoms with Crippen LogP contribution in [0, 0.1) is 12.3 Å². The van der Waals surface area contributed by atoms with E-state index in [0.717, 1.165) is 16.1 Å². The third-order valence-electron chi connectivity index (χ3n) is 1.53. The van der Waals surface area contributed by atoms with Crippen LogP contribution in [0.5, 0.6) is 0 Å². The van der Waals surface area contributed by atoms with Crippen LogP contribution >= 0.6 is 22.8 Å². The third-order valence-corrected chi connectivity index (χ3v) is 6.31. The van der Waals surface area contributed by atoms with Crippen molar-refractivity contribution in [3.05, 3.63) is 18.0 Å². The maximum Gasteiger partial charge on any atom is 0.187 e. The molecule has 0 aromatic carbocycles. The summed E-state index contributed by atoms with van der Waals surface area (Å²) in [5, 5.41) is 1.69. The van der Waals surface area contributed by atoms with E-state index in [4.69, 9.17) is 17.5 Å². The first kappa shape index (κ1) is 12.6. The number of hydrogen-bond donors (Lipinski definition) is 0. The number of aromatic nitrogens is 2. The molecule has 15 heavy (non-hydrogen) atoms. The zero-order valence-corrected chi connectivity index (χ0v) is 11.4. The average molecular weight is 257 g/mol. The molecule has 0 spiro atoms. The highest BCUT2D eigenvalue weighted by atomic mass is 35.6. The first-order valence-corrected chi connectivity index (χ1v) is 9.78. The number of rotatable bonds is 4. The van der Waals surface area contributed by atoms with Crippen LogP contribution in [0.1, 0.15) is 5.56 Å². The molecule has 0 saturated carbocycles. The lowest BCUT2D eigenvalue weighted by molar-refractivity contribution is 0.943. The van der Waals surface area contributed by atoms with Gasteiger partial charge in [-0.05, 0) is 0 Å². The average Bonchev–Trinajstić information content (AvgIpc) is 2.16. The minimum Gasteiger partial charge on any atom is -0.231 e. The molecule has 0 radical (unpaired) electrons. The van der Waals surface area contributed by atoms with Crippen molar-refractivity contribution in [2.24, 2.45) is 0 Å². The highest BCUT2D eigenvalue weighted by Crippen LogP contribution is 2.20. The van der Waals surface area contributed by atoms with Gasteiger partial charge < -0.3 is 0 Å². The maximum atomic E-state index is 6.20. The van der Waals surface area contributed by atoms with E-state index in [1.165, 1.54) is 0 Å². The van der Waals surface area contributed by atoms with Crippen LogP contribution < -0.4 is 0 Å². The van der Waals surface area contributed by atoms with Crippen molar-refractivity contribution in [1.29, 1.82) is 0 Å². The van der Waals surface area contributed by atoms with Gasteiger partial charge in [0.15, 0.2) is 12.5 Å². The fourth-order valence-corrected chi connectivity index (χ4v) is 3.50. The van der Waals surface area contributed by atoms with E-state index in [-0.39, 0.29) is 0 Å². The van der Waals surface area contributed by atoms with Gasteiger partial charge in [0.2, 0.25) is 0 Å². The molecule has 0 atom stereocenters. The number of thioether (sulfide) groups is 1. The molecule has 0 amide bonds. The topological polar surface area (TPSA) is 25.8 Å². The van der Waals surface area contributed by atoms with Crippen LogP contribution in [0.3, 0.4) is 0 Å². The van der Waals surface area contributed by atoms with Gasteiger partial charge in [-0.15, -0.1) is 12.3 Å². The summed E-state index contributed by atoms with van der Waals surface area (Å²) >= 11 is 7.81. The van der Waals surface area contributed by atoms with Gasteiger partial charge in [0, 0.05) is 29.8 Å². The summed E-state index contributed by atoms with van der Waals surface area (Å²) in [5.74, 6) is 2.56. The second kappa shape index (κ2) is 5.55. The molecular formula is C10H13ClN2SSi. The fraction of sp³-hybridized carbons (Fsp3) is 0.400. The lowest BCUT2D eigenvalue weighted by atomic mass is 10.3. The molecule has 0 aliphatic carbocycles. The SMILES string of the molecule is C#CCc1cnc(SC[Si](C)(C)Cl)nc1. The first-order valence-electron chi connectivity index (χ1n) is 4.57. The van der Waals surface area contributed by atoms with Crippen molar-refractivity contribution >= 4 is 30.2 Å². The molecule has 0 unspecified atom stereocenters. The normalized spacial score (nSPS) is 11.1. The molecule has 0 aliphatic rings. The number of halogens is 1. The summed E-state index contributed by atoms with van der Waals surface area (Å²) in [6.45, 7) is 4.21. The summed E-state index contributed by atoms with van der Waals surface area (Å²) in [5.41, 5.74) is 0.976. The van der Waals surface area contributed by atoms with Gasteiger partial charge in [0.25, 0.3) is 0 Å². The van der Waals surface area contributed by atoms with E-state index in [1.54, 1.807) is 24.2 Å². The molecule has 5 heteroatoms. The van der Waals surface area contributed by atoms with Gasteiger partial charge >= 0.3 is 0 Å². The smallest absolute Gasteiger partial charge is 0.187 e. The Balaban J connectivity index is 2.54. The molecule has 2 nitrogen and oxygen atoms in total. The Hall–Kier alpha value is -0.503. The van der Waals surface area contributed by atoms with Gasteiger partial charge in [-0.2, -0.15) is 11.1 Å². The van der Waals surface area contributed by atoms with Crippen molar-refractivity contribution in [3.8, 4) is 12.3 Å². The molecule has 1 heterocycles. The molecule has 0 N–H and O–H groups in total. The van der Waals surface area contributed by atoms with E-state index in [9.17, 15) is 0 Å². The van der Waals surface area contributed by atoms with Crippen LogP contribution in [0.25, 0.3) is 0 Å². The first-order chi connectivity index (χ1) is 7.01. The molecule has 1 rings (SSSR count). The van der Waals surface area contributed by atoms with E-state index < -0.39 is 7.38 Å². The van der Waals surface area contributed by atoms with E-state index in [1.807, 2.05) is 0 Å². The van der Waals surface area contributed by atoms with Gasteiger partial charge in [0.1, 0.15) is 0 Å². The van der Waals surface area contributed by atoms with Crippen molar-refractivity contribution in [2.45, 2.75) is 24.7 Å². The van der Waals surface area contributed by atoms with Crippen LogP contribution in [-0.4, -0.2) is 22.7 Å². The lowest BCUT2D eigenvalue weighted by Gasteiger charge is -2.10. The Morgan fingerprint density at radius 2 is 2.07 bits per heavy atom. The van der Waals surface area contributed by atoms with Crippen molar-refractivity contribution in [1.82, 2.24) is 9.97 Å². The largest absolute Gasteiger partial charge is 0.231 e. The van der Waals surface area contributed by atoms with E-state index in [2.05, 4.69) is 29.0 Å². The summed E-state index contributed by atoms with van der Waals surface area (Å²) in [7, 11) is -1.55. The van der Waals surface area contributed by atoms with Crippen LogP contribution in [0.4, 0.5) is 0 Å². The standard InChI is InChI=1S/C10H13ClN2SSi/c1-4-5-9-6-12-10(13-7-9)14-8-15(2,3)11/h1,6-7H,5,8H2,2-3H3. The quantitative estimate of drug-likeness (QED) is 0.272. The van der Waals surface area contributed by atoms with Crippen LogP contribution in [-0.2, 0) is 6.42 Å². The Bertz CT molecular complexity index is 353. The van der Waals surface area contributed by atoms with E-state index in [0.29, 0.717) is 6.42 Å². The summed E-state index contributed by atoms with van der Waals surface area (Å²) in [6, 6.07) is 0. The predicted octanol–water partition coefficient (Wildman–Crippen LogP) is 2.73. The molecule has 0 saturated heterocycles. The number of hydrogen-bond acceptors (Lipinski definition) is 3. The molecule has 1 aromatic heterocycles. The maximum absolute atomic E-state index is 6.20. The van der Waals surface area contributed by atoms with Gasteiger partial charge in [-0.3, -0.25) is 0 Å². The highest BCUT2D eigenvalue weighted by molar-refractivity contribution is 8.01. The van der Waals surface area contributed by atoms with Crippen molar-refractivity contribution in [2.75, 3.05) is 5.38 Å². The monoisotopic (exact) mass is 256 g/mol. The highest BCUT2D eigenvalue weighted by Gasteiger charge is 2.17. The minimum absolute atomic E-state index is 0.584. The summed E-state index contributed by atoms with van der Waals surface area (Å²) < 4.78 is 0. The van der Waals surface area contributed by atoms with Crippen LogP contribution in [0.15, 0.2) is 17.6 Å². The van der Waals surface area contributed by atoms with Crippen LogP contribution in [0.2, 0.25) is 13.1 Å². The number of nitrogens with zero attached hydrogens (tertiary/aromatic N) is 2. The Morgan fingerprint density at radius 1 is 1.47 bits per heavy atom. The van der Waals surface area contributed by atoms with Crippen molar-refractivity contribution in [3.63, 3.8) is 0 Å². The Kier molecular flexibility index (Phi) is 4.65. The zero-order valence-electron chi connectivity index (χ0n) is 8.83. The van der Waals surface area contributed by atoms with Gasteiger partial charge in [-0.25, -0.2) is 9.97 Å². The third kappa shape index (κ3) is 5.21. The molecule has 0 fully saturated rings. The fourth-order valence-electron chi connectivity index (χ4n) is 0.863. The van der Waals surface area contributed by atoms with Crippen molar-refractivity contribution < 1.29 is 0 Å². The molecule has 0 aliphatic heterocycles. The van der Waals surface area contributed by atoms with E-state index >= 15 is 0 Å². The second-order valence-corrected chi connectivity index (χ2v) is 12.1. The van der Waals surface area contributed by atoms with Gasteiger partial charge in [0.05, 0.1) is 0 Å². The number of terminal acetylenes is 1. The predicted molar refractivity (Wildman–Crippen MR) is 68.6 cm³/mol. The minimum atomic E-state index is -1.55. The zero-order chi connectivity index (χ0) is 11.3. The molecular weight excluding hydrogens is 244 g/mol. The summed E-state index contributed by atoms with van der Waals surface area (Å²) in [4.78, 5) is 8.44. The molecule has 0 bridgehead atoms. The second-order valence-electron chi connectivity index (χ2n) is 3.76. The Morgan fingerprint density at radius 3 is 2.53 bits per heavy atom.